The second-order valence-corrected chi connectivity index (χ2v) is 7.83. The van der Waals surface area contributed by atoms with Crippen LogP contribution in [0.3, 0.4) is 0 Å². The second kappa shape index (κ2) is 8.95. The maximum atomic E-state index is 5.26. The van der Waals surface area contributed by atoms with E-state index >= 15 is 0 Å². The first-order chi connectivity index (χ1) is 12.9. The standard InChI is InChI=1S/C21H33N5O/c1-6-25-7-9-26(10-8-25)14-20-12-16(2)11-19(17(20)3)13-24(5)15-21-22-18(4)23-27-21/h11-12H,6-10,13-15H2,1-5H3. The monoisotopic (exact) mass is 371 g/mol. The molecule has 1 fully saturated rings. The average Bonchev–Trinajstić information content (AvgIpc) is 3.04. The van der Waals surface area contributed by atoms with Crippen LogP contribution in [0.15, 0.2) is 16.7 Å². The third-order valence-electron chi connectivity index (χ3n) is 5.49. The number of aromatic nitrogens is 2. The predicted octanol–water partition coefficient (Wildman–Crippen LogP) is 2.76. The normalized spacial score (nSPS) is 16.4. The third-order valence-corrected chi connectivity index (χ3v) is 5.49. The van der Waals surface area contributed by atoms with Crippen LogP contribution in [0.4, 0.5) is 0 Å². The van der Waals surface area contributed by atoms with Crippen molar-refractivity contribution in [1.82, 2.24) is 24.8 Å². The molecule has 0 atom stereocenters. The van der Waals surface area contributed by atoms with E-state index in [9.17, 15) is 0 Å². The van der Waals surface area contributed by atoms with Crippen molar-refractivity contribution in [2.24, 2.45) is 0 Å². The highest BCUT2D eigenvalue weighted by Crippen LogP contribution is 2.21. The van der Waals surface area contributed by atoms with Gasteiger partial charge in [-0.05, 0) is 51.1 Å². The van der Waals surface area contributed by atoms with E-state index in [1.807, 2.05) is 6.92 Å². The third kappa shape index (κ3) is 5.37. The summed E-state index contributed by atoms with van der Waals surface area (Å²) in [7, 11) is 2.10. The maximum Gasteiger partial charge on any atom is 0.240 e. The lowest BCUT2D eigenvalue weighted by Gasteiger charge is -2.34. The summed E-state index contributed by atoms with van der Waals surface area (Å²) in [5.41, 5.74) is 5.58. The maximum absolute atomic E-state index is 5.26. The summed E-state index contributed by atoms with van der Waals surface area (Å²) in [5, 5.41) is 3.88. The molecule has 27 heavy (non-hydrogen) atoms. The summed E-state index contributed by atoms with van der Waals surface area (Å²) in [5.74, 6) is 1.37. The zero-order chi connectivity index (χ0) is 19.4. The van der Waals surface area contributed by atoms with Gasteiger partial charge in [0.2, 0.25) is 5.89 Å². The van der Waals surface area contributed by atoms with Gasteiger partial charge in [0, 0.05) is 39.3 Å². The largest absolute Gasteiger partial charge is 0.338 e. The molecule has 1 saturated heterocycles. The van der Waals surface area contributed by atoms with Crippen LogP contribution in [0.25, 0.3) is 0 Å². The Kier molecular flexibility index (Phi) is 6.63. The quantitative estimate of drug-likeness (QED) is 0.746. The fraction of sp³-hybridized carbons (Fsp3) is 0.619. The highest BCUT2D eigenvalue weighted by Gasteiger charge is 2.17. The molecule has 6 heteroatoms. The second-order valence-electron chi connectivity index (χ2n) is 7.83. The molecule has 1 aliphatic rings. The van der Waals surface area contributed by atoms with Crippen molar-refractivity contribution in [2.45, 2.75) is 47.3 Å². The van der Waals surface area contributed by atoms with Crippen LogP contribution in [-0.4, -0.2) is 64.6 Å². The Labute approximate surface area is 163 Å². The lowest BCUT2D eigenvalue weighted by atomic mass is 9.98. The Balaban J connectivity index is 1.65. The highest BCUT2D eigenvalue weighted by atomic mass is 16.5. The van der Waals surface area contributed by atoms with E-state index in [0.29, 0.717) is 18.3 Å². The first kappa shape index (κ1) is 20.0. The molecule has 1 aromatic heterocycles. The van der Waals surface area contributed by atoms with Crippen LogP contribution in [0.2, 0.25) is 0 Å². The van der Waals surface area contributed by atoms with E-state index in [2.05, 4.69) is 64.8 Å². The summed E-state index contributed by atoms with van der Waals surface area (Å²) >= 11 is 0. The first-order valence-electron chi connectivity index (χ1n) is 9.96. The van der Waals surface area contributed by atoms with E-state index in [1.54, 1.807) is 0 Å². The summed E-state index contributed by atoms with van der Waals surface area (Å²) in [6.45, 7) is 17.0. The van der Waals surface area contributed by atoms with Gasteiger partial charge in [-0.3, -0.25) is 9.80 Å². The topological polar surface area (TPSA) is 48.6 Å². The molecule has 1 aromatic carbocycles. The summed E-state index contributed by atoms with van der Waals surface area (Å²) in [6.07, 6.45) is 0. The van der Waals surface area contributed by atoms with Crippen molar-refractivity contribution in [3.63, 3.8) is 0 Å². The molecular weight excluding hydrogens is 338 g/mol. The van der Waals surface area contributed by atoms with Crippen molar-refractivity contribution in [3.05, 3.63) is 46.1 Å². The van der Waals surface area contributed by atoms with Crippen molar-refractivity contribution in [3.8, 4) is 0 Å². The molecule has 0 spiro atoms. The summed E-state index contributed by atoms with van der Waals surface area (Å²) < 4.78 is 5.26. The zero-order valence-electron chi connectivity index (χ0n) is 17.5. The van der Waals surface area contributed by atoms with Gasteiger partial charge >= 0.3 is 0 Å². The summed E-state index contributed by atoms with van der Waals surface area (Å²) in [6, 6.07) is 4.66. The van der Waals surface area contributed by atoms with Crippen LogP contribution >= 0.6 is 0 Å². The van der Waals surface area contributed by atoms with Gasteiger partial charge < -0.3 is 9.42 Å². The van der Waals surface area contributed by atoms with Gasteiger partial charge in [-0.2, -0.15) is 4.98 Å². The summed E-state index contributed by atoms with van der Waals surface area (Å²) in [4.78, 5) is 11.7. The van der Waals surface area contributed by atoms with Crippen molar-refractivity contribution < 1.29 is 4.52 Å². The van der Waals surface area contributed by atoms with Gasteiger partial charge in [0.1, 0.15) is 0 Å². The minimum Gasteiger partial charge on any atom is -0.338 e. The van der Waals surface area contributed by atoms with E-state index in [1.165, 1.54) is 35.3 Å². The average molecular weight is 372 g/mol. The zero-order valence-corrected chi connectivity index (χ0v) is 17.5. The van der Waals surface area contributed by atoms with Gasteiger partial charge in [0.25, 0.3) is 0 Å². The molecule has 0 N–H and O–H groups in total. The molecule has 148 valence electrons. The van der Waals surface area contributed by atoms with Gasteiger partial charge in [0.05, 0.1) is 6.54 Å². The Hall–Kier alpha value is -1.76. The number of nitrogens with zero attached hydrogens (tertiary/aromatic N) is 5. The Bertz CT molecular complexity index is 749. The van der Waals surface area contributed by atoms with E-state index < -0.39 is 0 Å². The molecule has 0 saturated carbocycles. The van der Waals surface area contributed by atoms with Crippen molar-refractivity contribution >= 4 is 0 Å². The lowest BCUT2D eigenvalue weighted by Crippen LogP contribution is -2.45. The number of rotatable bonds is 7. The minimum absolute atomic E-state index is 0.669. The predicted molar refractivity (Wildman–Crippen MR) is 108 cm³/mol. The van der Waals surface area contributed by atoms with Gasteiger partial charge in [-0.15, -0.1) is 0 Å². The van der Waals surface area contributed by atoms with Crippen LogP contribution in [-0.2, 0) is 19.6 Å². The SMILES string of the molecule is CCN1CCN(Cc2cc(C)cc(CN(C)Cc3nc(C)no3)c2C)CC1. The molecule has 3 rings (SSSR count). The van der Waals surface area contributed by atoms with Crippen LogP contribution in [0, 0.1) is 20.8 Å². The molecule has 2 heterocycles. The van der Waals surface area contributed by atoms with Crippen molar-refractivity contribution in [2.75, 3.05) is 39.8 Å². The highest BCUT2D eigenvalue weighted by molar-refractivity contribution is 5.38. The fourth-order valence-electron chi connectivity index (χ4n) is 3.83. The molecule has 0 amide bonds. The molecule has 0 radical (unpaired) electrons. The molecule has 6 nitrogen and oxygen atoms in total. The number of piperazine rings is 1. The number of aryl methyl sites for hydroxylation is 2. The lowest BCUT2D eigenvalue weighted by molar-refractivity contribution is 0.131. The number of likely N-dealkylation sites (N-methyl/N-ethyl adjacent to an activating group) is 1. The van der Waals surface area contributed by atoms with Gasteiger partial charge in [-0.1, -0.05) is 29.8 Å². The van der Waals surface area contributed by atoms with Gasteiger partial charge in [-0.25, -0.2) is 0 Å². The van der Waals surface area contributed by atoms with E-state index in [-0.39, 0.29) is 0 Å². The van der Waals surface area contributed by atoms with E-state index in [4.69, 9.17) is 4.52 Å². The minimum atomic E-state index is 0.669. The first-order valence-corrected chi connectivity index (χ1v) is 9.96. The van der Waals surface area contributed by atoms with Gasteiger partial charge in [0.15, 0.2) is 5.82 Å². The van der Waals surface area contributed by atoms with Crippen molar-refractivity contribution in [1.29, 1.82) is 0 Å². The fourth-order valence-corrected chi connectivity index (χ4v) is 3.83. The Morgan fingerprint density at radius 3 is 2.30 bits per heavy atom. The molecule has 1 aliphatic heterocycles. The number of hydrogen-bond donors (Lipinski definition) is 0. The van der Waals surface area contributed by atoms with E-state index in [0.717, 1.165) is 32.7 Å². The van der Waals surface area contributed by atoms with Crippen LogP contribution < -0.4 is 0 Å². The Morgan fingerprint density at radius 2 is 1.67 bits per heavy atom. The molecule has 0 aliphatic carbocycles. The van der Waals surface area contributed by atoms with Crippen LogP contribution in [0.1, 0.15) is 40.9 Å². The number of benzene rings is 1. The number of hydrogen-bond acceptors (Lipinski definition) is 6. The molecule has 0 bridgehead atoms. The van der Waals surface area contributed by atoms with Crippen LogP contribution in [0.5, 0.6) is 0 Å². The molecule has 2 aromatic rings. The molecule has 0 unspecified atom stereocenters. The molecular formula is C21H33N5O. The Morgan fingerprint density at radius 1 is 1.00 bits per heavy atom. The smallest absolute Gasteiger partial charge is 0.240 e.